The zero-order valence-corrected chi connectivity index (χ0v) is 31.5. The van der Waals surface area contributed by atoms with Crippen LogP contribution in [0.5, 0.6) is 0 Å². The van der Waals surface area contributed by atoms with Crippen molar-refractivity contribution in [2.45, 2.75) is 0 Å². The minimum Gasteiger partial charge on any atom is -0.452 e. The average Bonchev–Trinajstić information content (AvgIpc) is 4.04. The molecule has 5 aromatic heterocycles. The van der Waals surface area contributed by atoms with Crippen LogP contribution in [0, 0.1) is 0 Å². The lowest BCUT2D eigenvalue weighted by atomic mass is 10.0. The lowest BCUT2D eigenvalue weighted by Crippen LogP contribution is -1.96. The average molecular weight is 751 g/mol. The first-order valence-electron chi connectivity index (χ1n) is 20.1. The van der Waals surface area contributed by atoms with Gasteiger partial charge in [-0.1, -0.05) is 133 Å². The summed E-state index contributed by atoms with van der Waals surface area (Å²) in [6, 6.07) is 65.3. The molecule has 59 heavy (non-hydrogen) atoms. The van der Waals surface area contributed by atoms with Crippen LogP contribution in [0.25, 0.3) is 132 Å². The van der Waals surface area contributed by atoms with Crippen molar-refractivity contribution in [3.63, 3.8) is 0 Å². The Bertz CT molecular complexity index is 4070. The second-order valence-electron chi connectivity index (χ2n) is 15.7. The maximum absolute atomic E-state index is 6.55. The molecule has 14 aromatic rings. The quantitative estimate of drug-likeness (QED) is 0.181. The molecule has 0 radical (unpaired) electrons. The number of benzene rings is 9. The first-order valence-corrected chi connectivity index (χ1v) is 20.1. The second-order valence-corrected chi connectivity index (χ2v) is 15.7. The summed E-state index contributed by atoms with van der Waals surface area (Å²) >= 11 is 0. The van der Waals surface area contributed by atoms with Crippen LogP contribution in [0.3, 0.4) is 0 Å². The standard InChI is InChI=1S/C54H30N4O/c1-2-13-34-29-35(22-21-31(34)11-1)54-55-48(53-49(56-54)40-17-7-10-20-46(40)59-53)33-23-26-36(27-24-33)57-44-18-8-5-15-38(44)42-30-43-39-16-6-9-19-45(39)58-50-37-14-4-3-12-32(37)25-28-41(50)47(51(42)57)52(43)58/h1-30H. The van der Waals surface area contributed by atoms with Gasteiger partial charge in [-0.05, 0) is 64.7 Å². The van der Waals surface area contributed by atoms with Gasteiger partial charge in [-0.3, -0.25) is 0 Å². The topological polar surface area (TPSA) is 48.3 Å². The van der Waals surface area contributed by atoms with Gasteiger partial charge in [-0.25, -0.2) is 9.97 Å². The Kier molecular flexibility index (Phi) is 5.96. The van der Waals surface area contributed by atoms with E-state index in [4.69, 9.17) is 14.4 Å². The molecule has 0 fully saturated rings. The molecule has 14 rings (SSSR count). The van der Waals surface area contributed by atoms with Gasteiger partial charge < -0.3 is 13.4 Å². The Balaban J connectivity index is 1.04. The van der Waals surface area contributed by atoms with E-state index in [1.807, 2.05) is 18.2 Å². The molecular weight excluding hydrogens is 721 g/mol. The molecule has 0 aliphatic rings. The van der Waals surface area contributed by atoms with Gasteiger partial charge in [-0.15, -0.1) is 0 Å². The maximum Gasteiger partial charge on any atom is 0.180 e. The highest BCUT2D eigenvalue weighted by atomic mass is 16.3. The fraction of sp³-hybridized carbons (Fsp3) is 0. The third-order valence-electron chi connectivity index (χ3n) is 12.6. The fourth-order valence-electron chi connectivity index (χ4n) is 10.0. The van der Waals surface area contributed by atoms with Crippen LogP contribution in [0.2, 0.25) is 0 Å². The first-order chi connectivity index (χ1) is 29.3. The SMILES string of the molecule is c1ccc2cc(-c3nc(-c4ccc(-n5c6ccccc6c6cc7c8ccccc8n8c9c%10ccccc%10ccc9c(c65)c78)cc4)c4oc5ccccc5c4n3)ccc2c1. The van der Waals surface area contributed by atoms with Crippen LogP contribution in [0.15, 0.2) is 186 Å². The fourth-order valence-corrected chi connectivity index (χ4v) is 10.0. The van der Waals surface area contributed by atoms with Crippen molar-refractivity contribution in [1.29, 1.82) is 0 Å². The highest BCUT2D eigenvalue weighted by Gasteiger charge is 2.25. The van der Waals surface area contributed by atoms with Gasteiger partial charge in [0, 0.05) is 59.9 Å². The van der Waals surface area contributed by atoms with Crippen LogP contribution in [0.1, 0.15) is 0 Å². The molecule has 0 N–H and O–H groups in total. The van der Waals surface area contributed by atoms with Gasteiger partial charge in [0.2, 0.25) is 0 Å². The lowest BCUT2D eigenvalue weighted by molar-refractivity contribution is 0.667. The molecular formula is C54H30N4O. The Morgan fingerprint density at radius 3 is 1.90 bits per heavy atom. The van der Waals surface area contributed by atoms with Crippen LogP contribution >= 0.6 is 0 Å². The van der Waals surface area contributed by atoms with E-state index in [1.165, 1.54) is 76.1 Å². The van der Waals surface area contributed by atoms with E-state index in [9.17, 15) is 0 Å². The maximum atomic E-state index is 6.55. The molecule has 0 aliphatic carbocycles. The van der Waals surface area contributed by atoms with E-state index in [-0.39, 0.29) is 0 Å². The number of fused-ring (bicyclic) bond motifs is 16. The number of nitrogens with zero attached hydrogens (tertiary/aromatic N) is 4. The summed E-state index contributed by atoms with van der Waals surface area (Å²) in [5, 5.41) is 13.4. The van der Waals surface area contributed by atoms with Gasteiger partial charge in [0.25, 0.3) is 0 Å². The van der Waals surface area contributed by atoms with Gasteiger partial charge in [-0.2, -0.15) is 0 Å². The normalized spacial score (nSPS) is 12.4. The molecule has 0 spiro atoms. The van der Waals surface area contributed by atoms with Gasteiger partial charge in [0.1, 0.15) is 16.8 Å². The highest BCUT2D eigenvalue weighted by molar-refractivity contribution is 6.36. The molecule has 0 saturated carbocycles. The molecule has 0 bridgehead atoms. The van der Waals surface area contributed by atoms with Crippen LogP contribution in [-0.4, -0.2) is 18.9 Å². The van der Waals surface area contributed by atoms with E-state index in [0.29, 0.717) is 11.4 Å². The van der Waals surface area contributed by atoms with Gasteiger partial charge in [0.05, 0.1) is 27.6 Å². The summed E-state index contributed by atoms with van der Waals surface area (Å²) in [5.41, 5.74) is 12.2. The minimum absolute atomic E-state index is 0.671. The predicted molar refractivity (Wildman–Crippen MR) is 244 cm³/mol. The Morgan fingerprint density at radius 1 is 0.407 bits per heavy atom. The smallest absolute Gasteiger partial charge is 0.180 e. The second kappa shape index (κ2) is 11.3. The van der Waals surface area contributed by atoms with Crippen molar-refractivity contribution in [1.82, 2.24) is 18.9 Å². The zero-order chi connectivity index (χ0) is 38.3. The molecule has 0 saturated heterocycles. The van der Waals surface area contributed by atoms with E-state index < -0.39 is 0 Å². The zero-order valence-electron chi connectivity index (χ0n) is 31.5. The molecule has 0 unspecified atom stereocenters. The Labute approximate surface area is 335 Å². The molecule has 5 heteroatoms. The molecule has 0 atom stereocenters. The summed E-state index contributed by atoms with van der Waals surface area (Å²) in [4.78, 5) is 10.4. The third kappa shape index (κ3) is 4.13. The molecule has 9 aromatic carbocycles. The van der Waals surface area contributed by atoms with Crippen molar-refractivity contribution in [2.75, 3.05) is 0 Å². The summed E-state index contributed by atoms with van der Waals surface area (Å²) in [6.45, 7) is 0. The number of hydrogen-bond donors (Lipinski definition) is 0. The van der Waals surface area contributed by atoms with Crippen LogP contribution in [0.4, 0.5) is 0 Å². The highest BCUT2D eigenvalue weighted by Crippen LogP contribution is 2.48. The van der Waals surface area contributed by atoms with Crippen LogP contribution in [-0.2, 0) is 0 Å². The number of furan rings is 1. The Hall–Kier alpha value is -8.02. The first kappa shape index (κ1) is 31.1. The molecule has 0 aliphatic heterocycles. The van der Waals surface area contributed by atoms with E-state index in [0.717, 1.165) is 44.4 Å². The molecule has 0 amide bonds. The Morgan fingerprint density at radius 2 is 1.05 bits per heavy atom. The summed E-state index contributed by atoms with van der Waals surface area (Å²) in [7, 11) is 0. The minimum atomic E-state index is 0.671. The number of rotatable bonds is 3. The van der Waals surface area contributed by atoms with Crippen LogP contribution < -0.4 is 0 Å². The summed E-state index contributed by atoms with van der Waals surface area (Å²) in [6.07, 6.45) is 0. The van der Waals surface area contributed by atoms with Crippen molar-refractivity contribution in [3.05, 3.63) is 182 Å². The van der Waals surface area contributed by atoms with Crippen molar-refractivity contribution in [2.24, 2.45) is 0 Å². The molecule has 5 heterocycles. The third-order valence-corrected chi connectivity index (χ3v) is 12.6. The van der Waals surface area contributed by atoms with E-state index in [2.05, 4.69) is 173 Å². The monoisotopic (exact) mass is 750 g/mol. The summed E-state index contributed by atoms with van der Waals surface area (Å²) in [5.74, 6) is 0.671. The van der Waals surface area contributed by atoms with Gasteiger partial charge in [0.15, 0.2) is 11.4 Å². The number of aromatic nitrogens is 4. The van der Waals surface area contributed by atoms with Crippen molar-refractivity contribution in [3.8, 4) is 28.3 Å². The predicted octanol–water partition coefficient (Wildman–Crippen LogP) is 14.3. The molecule has 5 nitrogen and oxygen atoms in total. The lowest BCUT2D eigenvalue weighted by Gasteiger charge is -2.11. The van der Waals surface area contributed by atoms with Crippen molar-refractivity contribution < 1.29 is 4.42 Å². The van der Waals surface area contributed by atoms with E-state index in [1.54, 1.807) is 0 Å². The summed E-state index contributed by atoms with van der Waals surface area (Å²) < 4.78 is 11.5. The van der Waals surface area contributed by atoms with Crippen molar-refractivity contribution >= 4 is 104 Å². The molecule has 272 valence electrons. The van der Waals surface area contributed by atoms with Gasteiger partial charge >= 0.3 is 0 Å². The number of para-hydroxylation sites is 3. The van der Waals surface area contributed by atoms with E-state index >= 15 is 0 Å². The largest absolute Gasteiger partial charge is 0.452 e. The number of hydrogen-bond acceptors (Lipinski definition) is 3.